The summed E-state index contributed by atoms with van der Waals surface area (Å²) < 4.78 is 5.21. The number of carbonyl (C=O) groups is 2. The summed E-state index contributed by atoms with van der Waals surface area (Å²) in [5.41, 5.74) is 2.22. The van der Waals surface area contributed by atoms with E-state index in [1.165, 1.54) is 17.0 Å². The van der Waals surface area contributed by atoms with Crippen LogP contribution in [0, 0.1) is 10.1 Å². The van der Waals surface area contributed by atoms with Crippen LogP contribution in [0.1, 0.15) is 17.5 Å². The molecule has 0 aliphatic carbocycles. The maximum atomic E-state index is 12.6. The van der Waals surface area contributed by atoms with Crippen LogP contribution in [-0.2, 0) is 27.2 Å². The number of carbonyl (C=O) groups excluding carboxylic acids is 2. The van der Waals surface area contributed by atoms with Gasteiger partial charge < -0.3 is 9.64 Å². The minimum atomic E-state index is -0.473. The first-order valence-electron chi connectivity index (χ1n) is 9.72. The molecule has 0 unspecified atom stereocenters. The molecule has 0 bridgehead atoms. The second kappa shape index (κ2) is 8.32. The first kappa shape index (κ1) is 19.6. The topological polar surface area (TPSA) is 89.8 Å². The summed E-state index contributed by atoms with van der Waals surface area (Å²) >= 11 is 0. The second-order valence-corrected chi connectivity index (χ2v) is 7.24. The smallest absolute Gasteiger partial charge is 0.310 e. The molecule has 0 radical (unpaired) electrons. The third kappa shape index (κ3) is 4.15. The molecule has 4 rings (SSSR count). The third-order valence-corrected chi connectivity index (χ3v) is 5.21. The molecule has 30 heavy (non-hydrogen) atoms. The standard InChI is InChI=1S/C23H20N2O5/c26-22(24-11-3-6-19-14-20(25(28)29)9-10-21(19)24)15-30-23(27)13-16-7-8-17-4-1-2-5-18(17)12-16/h1-2,4-5,7-10,12,14H,3,6,11,13,15H2. The van der Waals surface area contributed by atoms with Gasteiger partial charge in [0.1, 0.15) is 0 Å². The SMILES string of the molecule is O=C(Cc1ccc2ccccc2c1)OCC(=O)N1CCCc2cc([N+](=O)[O-])ccc21. The molecule has 152 valence electrons. The Morgan fingerprint density at radius 2 is 1.83 bits per heavy atom. The number of nitro groups is 1. The largest absolute Gasteiger partial charge is 0.455 e. The third-order valence-electron chi connectivity index (χ3n) is 5.21. The summed E-state index contributed by atoms with van der Waals surface area (Å²) in [6.07, 6.45) is 1.45. The molecular formula is C23H20N2O5. The lowest BCUT2D eigenvalue weighted by atomic mass is 10.0. The molecule has 0 saturated carbocycles. The van der Waals surface area contributed by atoms with Crippen LogP contribution in [0.3, 0.4) is 0 Å². The number of rotatable bonds is 5. The zero-order valence-corrected chi connectivity index (χ0v) is 16.2. The van der Waals surface area contributed by atoms with Crippen molar-refractivity contribution in [2.45, 2.75) is 19.3 Å². The summed E-state index contributed by atoms with van der Waals surface area (Å²) in [4.78, 5) is 36.9. The highest BCUT2D eigenvalue weighted by Crippen LogP contribution is 2.30. The molecular weight excluding hydrogens is 384 g/mol. The number of aryl methyl sites for hydroxylation is 1. The number of amides is 1. The molecule has 3 aromatic rings. The van der Waals surface area contributed by atoms with Gasteiger partial charge in [-0.1, -0.05) is 42.5 Å². The van der Waals surface area contributed by atoms with Gasteiger partial charge in [0, 0.05) is 24.4 Å². The molecule has 0 fully saturated rings. The zero-order valence-electron chi connectivity index (χ0n) is 16.2. The minimum Gasteiger partial charge on any atom is -0.455 e. The van der Waals surface area contributed by atoms with E-state index in [1.54, 1.807) is 6.07 Å². The molecule has 0 atom stereocenters. The van der Waals surface area contributed by atoms with Crippen molar-refractivity contribution in [3.05, 3.63) is 81.9 Å². The number of benzene rings is 3. The Bertz CT molecular complexity index is 1140. The molecule has 1 heterocycles. The number of nitrogens with zero attached hydrogens (tertiary/aromatic N) is 2. The Kier molecular flexibility index (Phi) is 5.43. The van der Waals surface area contributed by atoms with Crippen LogP contribution < -0.4 is 4.90 Å². The second-order valence-electron chi connectivity index (χ2n) is 7.24. The Hall–Kier alpha value is -3.74. The lowest BCUT2D eigenvalue weighted by molar-refractivity contribution is -0.384. The average Bonchev–Trinajstić information content (AvgIpc) is 2.76. The monoisotopic (exact) mass is 404 g/mol. The Morgan fingerprint density at radius 1 is 1.03 bits per heavy atom. The van der Waals surface area contributed by atoms with E-state index in [1.807, 2.05) is 42.5 Å². The minimum absolute atomic E-state index is 0.00450. The number of esters is 1. The first-order valence-corrected chi connectivity index (χ1v) is 9.72. The van der Waals surface area contributed by atoms with Crippen molar-refractivity contribution in [3.63, 3.8) is 0 Å². The van der Waals surface area contributed by atoms with Crippen molar-refractivity contribution in [1.29, 1.82) is 0 Å². The van der Waals surface area contributed by atoms with E-state index in [0.717, 1.165) is 21.9 Å². The summed E-state index contributed by atoms with van der Waals surface area (Å²) in [5.74, 6) is -0.809. The van der Waals surface area contributed by atoms with E-state index in [2.05, 4.69) is 0 Å². The van der Waals surface area contributed by atoms with Gasteiger partial charge in [-0.3, -0.25) is 19.7 Å². The normalized spacial score (nSPS) is 13.0. The van der Waals surface area contributed by atoms with Crippen molar-refractivity contribution < 1.29 is 19.2 Å². The van der Waals surface area contributed by atoms with Gasteiger partial charge in [-0.05, 0) is 40.8 Å². The lowest BCUT2D eigenvalue weighted by Gasteiger charge is -2.29. The number of hydrogen-bond acceptors (Lipinski definition) is 5. The maximum absolute atomic E-state index is 12.6. The van der Waals surface area contributed by atoms with E-state index in [4.69, 9.17) is 4.74 Å². The number of anilines is 1. The van der Waals surface area contributed by atoms with Crippen molar-refractivity contribution >= 4 is 34.0 Å². The molecule has 1 aliphatic heterocycles. The van der Waals surface area contributed by atoms with E-state index in [0.29, 0.717) is 25.1 Å². The van der Waals surface area contributed by atoms with Gasteiger partial charge >= 0.3 is 5.97 Å². The summed E-state index contributed by atoms with van der Waals surface area (Å²) in [6.45, 7) is 0.134. The predicted molar refractivity (Wildman–Crippen MR) is 112 cm³/mol. The molecule has 0 aromatic heterocycles. The number of ether oxygens (including phenoxy) is 1. The van der Waals surface area contributed by atoms with Gasteiger partial charge in [-0.2, -0.15) is 0 Å². The van der Waals surface area contributed by atoms with Gasteiger partial charge in [0.2, 0.25) is 0 Å². The highest BCUT2D eigenvalue weighted by Gasteiger charge is 2.25. The molecule has 1 aliphatic rings. The molecule has 7 nitrogen and oxygen atoms in total. The number of nitro benzene ring substituents is 1. The molecule has 7 heteroatoms. The molecule has 0 saturated heterocycles. The highest BCUT2D eigenvalue weighted by molar-refractivity contribution is 5.96. The van der Waals surface area contributed by atoms with Crippen LogP contribution in [0.4, 0.5) is 11.4 Å². The fraction of sp³-hybridized carbons (Fsp3) is 0.217. The summed E-state index contributed by atoms with van der Waals surface area (Å²) in [7, 11) is 0. The van der Waals surface area contributed by atoms with E-state index in [-0.39, 0.29) is 24.6 Å². The predicted octanol–water partition coefficient (Wildman–Crippen LogP) is 3.81. The van der Waals surface area contributed by atoms with Gasteiger partial charge in [-0.25, -0.2) is 0 Å². The van der Waals surface area contributed by atoms with Crippen LogP contribution in [0.25, 0.3) is 10.8 Å². The quantitative estimate of drug-likeness (QED) is 0.366. The number of fused-ring (bicyclic) bond motifs is 2. The molecule has 0 spiro atoms. The van der Waals surface area contributed by atoms with E-state index < -0.39 is 10.9 Å². The van der Waals surface area contributed by atoms with E-state index >= 15 is 0 Å². The van der Waals surface area contributed by atoms with Gasteiger partial charge in [0.05, 0.1) is 11.3 Å². The Morgan fingerprint density at radius 3 is 2.63 bits per heavy atom. The van der Waals surface area contributed by atoms with Crippen molar-refractivity contribution in [2.75, 3.05) is 18.1 Å². The van der Waals surface area contributed by atoms with Gasteiger partial charge in [0.25, 0.3) is 11.6 Å². The van der Waals surface area contributed by atoms with Crippen molar-refractivity contribution in [2.24, 2.45) is 0 Å². The maximum Gasteiger partial charge on any atom is 0.310 e. The van der Waals surface area contributed by atoms with Gasteiger partial charge in [-0.15, -0.1) is 0 Å². The van der Waals surface area contributed by atoms with Crippen LogP contribution in [-0.4, -0.2) is 30.0 Å². The van der Waals surface area contributed by atoms with Crippen LogP contribution in [0.2, 0.25) is 0 Å². The number of hydrogen-bond donors (Lipinski definition) is 0. The Labute approximate surface area is 173 Å². The fourth-order valence-corrected chi connectivity index (χ4v) is 3.74. The number of non-ortho nitro benzene ring substituents is 1. The molecule has 1 amide bonds. The van der Waals surface area contributed by atoms with E-state index in [9.17, 15) is 19.7 Å². The van der Waals surface area contributed by atoms with Crippen molar-refractivity contribution in [3.8, 4) is 0 Å². The molecule has 3 aromatic carbocycles. The molecule has 0 N–H and O–H groups in total. The average molecular weight is 404 g/mol. The summed E-state index contributed by atoms with van der Waals surface area (Å²) in [6, 6.07) is 18.1. The highest BCUT2D eigenvalue weighted by atomic mass is 16.6. The zero-order chi connectivity index (χ0) is 21.1. The lowest BCUT2D eigenvalue weighted by Crippen LogP contribution is -2.38. The first-order chi connectivity index (χ1) is 14.5. The van der Waals surface area contributed by atoms with Crippen LogP contribution >= 0.6 is 0 Å². The Balaban J connectivity index is 1.38. The fourth-order valence-electron chi connectivity index (χ4n) is 3.74. The van der Waals surface area contributed by atoms with Gasteiger partial charge in [0.15, 0.2) is 6.61 Å². The van der Waals surface area contributed by atoms with Crippen molar-refractivity contribution in [1.82, 2.24) is 0 Å². The van der Waals surface area contributed by atoms with Crippen LogP contribution in [0.5, 0.6) is 0 Å². The van der Waals surface area contributed by atoms with Crippen LogP contribution in [0.15, 0.2) is 60.7 Å². The summed E-state index contributed by atoms with van der Waals surface area (Å²) in [5, 5.41) is 13.1.